The quantitative estimate of drug-likeness (QED) is 0.421. The SMILES string of the molecule is CCCC(CCC)S(=O)(=O)C[C@@](N)(C(N)=O)C(=O)c1cncc(C)c1.Cl.Cl. The van der Waals surface area contributed by atoms with E-state index < -0.39 is 38.1 Å². The van der Waals surface area contributed by atoms with E-state index in [0.717, 1.165) is 0 Å². The fraction of sp³-hybridized carbons (Fsp3) is 0.588. The number of Topliss-reactive ketones (excluding diaryl/α,β-unsaturated/α-hetero) is 1. The number of aromatic nitrogens is 1. The van der Waals surface area contributed by atoms with E-state index in [1.54, 1.807) is 6.92 Å². The van der Waals surface area contributed by atoms with Gasteiger partial charge in [0.15, 0.2) is 21.2 Å². The highest BCUT2D eigenvalue weighted by molar-refractivity contribution is 7.92. The standard InChI is InChI=1S/C17H27N3O4S.2ClH/c1-4-6-14(7-5-2)25(23,24)11-17(19,16(18)22)15(21)13-8-12(3)9-20-10-13;;/h8-10,14H,4-7,11,19H2,1-3H3,(H2,18,22);2*1H/t17-;;/m0../s1. The monoisotopic (exact) mass is 441 g/mol. The normalized spacial score (nSPS) is 13.2. The Morgan fingerprint density at radius 3 is 2.07 bits per heavy atom. The molecule has 1 rings (SSSR count). The van der Waals surface area contributed by atoms with Crippen LogP contribution in [-0.2, 0) is 14.6 Å². The Labute approximate surface area is 173 Å². The van der Waals surface area contributed by atoms with Crippen molar-refractivity contribution in [2.45, 2.75) is 57.2 Å². The smallest absolute Gasteiger partial charge is 0.246 e. The largest absolute Gasteiger partial charge is 0.368 e. The summed E-state index contributed by atoms with van der Waals surface area (Å²) >= 11 is 0. The molecule has 0 radical (unpaired) electrons. The van der Waals surface area contributed by atoms with Gasteiger partial charge >= 0.3 is 0 Å². The number of carbonyl (C=O) groups is 2. The van der Waals surface area contributed by atoms with Gasteiger partial charge in [0.05, 0.1) is 11.0 Å². The summed E-state index contributed by atoms with van der Waals surface area (Å²) in [5.74, 6) is -2.78. The molecule has 1 heterocycles. The number of rotatable bonds is 10. The molecule has 0 aliphatic rings. The summed E-state index contributed by atoms with van der Waals surface area (Å²) in [6.07, 6.45) is 5.04. The van der Waals surface area contributed by atoms with Gasteiger partial charge < -0.3 is 11.5 Å². The van der Waals surface area contributed by atoms with E-state index in [1.165, 1.54) is 18.5 Å². The van der Waals surface area contributed by atoms with E-state index in [0.29, 0.717) is 31.2 Å². The number of primary amides is 1. The lowest BCUT2D eigenvalue weighted by atomic mass is 9.92. The molecule has 0 aliphatic carbocycles. The maximum atomic E-state index is 12.8. The van der Waals surface area contributed by atoms with Crippen LogP contribution in [0.3, 0.4) is 0 Å². The summed E-state index contributed by atoms with van der Waals surface area (Å²) < 4.78 is 25.6. The lowest BCUT2D eigenvalue weighted by Crippen LogP contribution is -2.63. The van der Waals surface area contributed by atoms with Crippen LogP contribution in [0.15, 0.2) is 18.5 Å². The Morgan fingerprint density at radius 2 is 1.67 bits per heavy atom. The van der Waals surface area contributed by atoms with Gasteiger partial charge in [-0.1, -0.05) is 26.7 Å². The maximum absolute atomic E-state index is 12.8. The number of carbonyl (C=O) groups excluding carboxylic acids is 2. The summed E-state index contributed by atoms with van der Waals surface area (Å²) in [7, 11) is -3.78. The number of amides is 1. The molecule has 0 fully saturated rings. The molecule has 0 saturated carbocycles. The Bertz CT molecular complexity index is 737. The summed E-state index contributed by atoms with van der Waals surface area (Å²) in [6.45, 7) is 5.48. The number of sulfone groups is 1. The minimum Gasteiger partial charge on any atom is -0.368 e. The van der Waals surface area contributed by atoms with Crippen molar-refractivity contribution in [1.29, 1.82) is 0 Å². The molecular weight excluding hydrogens is 413 g/mol. The molecule has 7 nitrogen and oxygen atoms in total. The second-order valence-electron chi connectivity index (χ2n) is 6.42. The number of halogens is 2. The molecule has 27 heavy (non-hydrogen) atoms. The van der Waals surface area contributed by atoms with E-state index in [1.807, 2.05) is 13.8 Å². The van der Waals surface area contributed by atoms with Crippen LogP contribution in [0.2, 0.25) is 0 Å². The predicted octanol–water partition coefficient (Wildman–Crippen LogP) is 1.98. The highest BCUT2D eigenvalue weighted by atomic mass is 35.5. The van der Waals surface area contributed by atoms with Gasteiger partial charge in [0.1, 0.15) is 0 Å². The zero-order chi connectivity index (χ0) is 19.3. The van der Waals surface area contributed by atoms with Crippen molar-refractivity contribution in [3.05, 3.63) is 29.6 Å². The molecule has 0 spiro atoms. The van der Waals surface area contributed by atoms with Crippen molar-refractivity contribution in [2.24, 2.45) is 11.5 Å². The predicted molar refractivity (Wildman–Crippen MR) is 111 cm³/mol. The van der Waals surface area contributed by atoms with E-state index in [-0.39, 0.29) is 30.4 Å². The van der Waals surface area contributed by atoms with Gasteiger partial charge in [-0.15, -0.1) is 24.8 Å². The number of nitrogens with zero attached hydrogens (tertiary/aromatic N) is 1. The average molecular weight is 442 g/mol. The highest BCUT2D eigenvalue weighted by Crippen LogP contribution is 2.21. The van der Waals surface area contributed by atoms with Gasteiger partial charge in [0.2, 0.25) is 5.91 Å². The fourth-order valence-corrected chi connectivity index (χ4v) is 5.10. The zero-order valence-corrected chi connectivity index (χ0v) is 18.3. The van der Waals surface area contributed by atoms with Gasteiger partial charge in [-0.25, -0.2) is 8.42 Å². The van der Waals surface area contributed by atoms with Gasteiger partial charge in [-0.05, 0) is 31.4 Å². The van der Waals surface area contributed by atoms with Crippen LogP contribution in [0.1, 0.15) is 55.5 Å². The number of pyridine rings is 1. The van der Waals surface area contributed by atoms with Crippen molar-refractivity contribution in [3.63, 3.8) is 0 Å². The van der Waals surface area contributed by atoms with E-state index >= 15 is 0 Å². The first kappa shape index (κ1) is 28.0. The molecule has 0 aliphatic heterocycles. The van der Waals surface area contributed by atoms with Crippen LogP contribution in [-0.4, -0.2) is 41.6 Å². The molecule has 1 aromatic heterocycles. The van der Waals surface area contributed by atoms with E-state index in [4.69, 9.17) is 11.5 Å². The van der Waals surface area contributed by atoms with Crippen LogP contribution in [0.5, 0.6) is 0 Å². The molecular formula is C17H29Cl2N3O4S. The third-order valence-electron chi connectivity index (χ3n) is 4.14. The van der Waals surface area contributed by atoms with Crippen molar-refractivity contribution in [2.75, 3.05) is 5.75 Å². The van der Waals surface area contributed by atoms with Crippen molar-refractivity contribution in [3.8, 4) is 0 Å². The Balaban J connectivity index is 0. The molecule has 0 saturated heterocycles. The second-order valence-corrected chi connectivity index (χ2v) is 8.70. The van der Waals surface area contributed by atoms with E-state index in [9.17, 15) is 18.0 Å². The number of ketones is 1. The minimum absolute atomic E-state index is 0. The van der Waals surface area contributed by atoms with Crippen LogP contribution in [0.25, 0.3) is 0 Å². The molecule has 1 atom stereocenters. The fourth-order valence-electron chi connectivity index (χ4n) is 2.77. The van der Waals surface area contributed by atoms with Crippen LogP contribution in [0.4, 0.5) is 0 Å². The van der Waals surface area contributed by atoms with Crippen molar-refractivity contribution < 1.29 is 18.0 Å². The highest BCUT2D eigenvalue weighted by Gasteiger charge is 2.46. The van der Waals surface area contributed by atoms with Crippen LogP contribution in [0, 0.1) is 6.92 Å². The lowest BCUT2D eigenvalue weighted by molar-refractivity contribution is -0.120. The summed E-state index contributed by atoms with van der Waals surface area (Å²) in [6, 6.07) is 1.50. The lowest BCUT2D eigenvalue weighted by Gasteiger charge is -2.27. The summed E-state index contributed by atoms with van der Waals surface area (Å²) in [4.78, 5) is 28.6. The molecule has 10 heteroatoms. The zero-order valence-electron chi connectivity index (χ0n) is 15.8. The topological polar surface area (TPSA) is 133 Å². The molecule has 156 valence electrons. The first-order chi connectivity index (χ1) is 11.6. The molecule has 1 amide bonds. The molecule has 0 bridgehead atoms. The Kier molecular flexibility index (Phi) is 12.0. The number of nitrogens with two attached hydrogens (primary N) is 2. The van der Waals surface area contributed by atoms with Gasteiger partial charge in [0, 0.05) is 18.0 Å². The third kappa shape index (κ3) is 7.03. The van der Waals surface area contributed by atoms with Crippen molar-refractivity contribution >= 4 is 46.3 Å². The van der Waals surface area contributed by atoms with Gasteiger partial charge in [0.25, 0.3) is 0 Å². The molecule has 0 aromatic carbocycles. The Hall–Kier alpha value is -1.22. The number of hydrogen-bond donors (Lipinski definition) is 2. The molecule has 4 N–H and O–H groups in total. The number of hydrogen-bond acceptors (Lipinski definition) is 6. The number of aryl methyl sites for hydroxylation is 1. The molecule has 0 unspecified atom stereocenters. The first-order valence-corrected chi connectivity index (χ1v) is 10.1. The Morgan fingerprint density at radius 1 is 1.15 bits per heavy atom. The summed E-state index contributed by atoms with van der Waals surface area (Å²) in [5, 5.41) is -0.645. The first-order valence-electron chi connectivity index (χ1n) is 8.35. The average Bonchev–Trinajstić information content (AvgIpc) is 2.53. The minimum atomic E-state index is -3.78. The maximum Gasteiger partial charge on any atom is 0.246 e. The van der Waals surface area contributed by atoms with Crippen molar-refractivity contribution in [1.82, 2.24) is 4.98 Å². The van der Waals surface area contributed by atoms with Gasteiger partial charge in [-0.2, -0.15) is 0 Å². The molecule has 1 aromatic rings. The van der Waals surface area contributed by atoms with Crippen LogP contribution >= 0.6 is 24.8 Å². The third-order valence-corrected chi connectivity index (χ3v) is 6.48. The van der Waals surface area contributed by atoms with E-state index in [2.05, 4.69) is 4.98 Å². The summed E-state index contributed by atoms with van der Waals surface area (Å²) in [5.41, 5.74) is 9.73. The van der Waals surface area contributed by atoms with Gasteiger partial charge in [-0.3, -0.25) is 14.6 Å². The van der Waals surface area contributed by atoms with Crippen LogP contribution < -0.4 is 11.5 Å². The second kappa shape index (κ2) is 11.6.